The van der Waals surface area contributed by atoms with Crippen molar-refractivity contribution in [2.75, 3.05) is 6.54 Å². The number of carbonyl (C=O) groups excluding carboxylic acids is 1. The lowest BCUT2D eigenvalue weighted by Gasteiger charge is -2.23. The maximum absolute atomic E-state index is 12.6. The van der Waals surface area contributed by atoms with E-state index >= 15 is 0 Å². The van der Waals surface area contributed by atoms with Gasteiger partial charge in [-0.2, -0.15) is 0 Å². The number of hydrogen-bond acceptors (Lipinski definition) is 2. The fourth-order valence-corrected chi connectivity index (χ4v) is 3.56. The van der Waals surface area contributed by atoms with Crippen LogP contribution in [0.1, 0.15) is 48.2 Å². The van der Waals surface area contributed by atoms with E-state index < -0.39 is 0 Å². The topological polar surface area (TPSA) is 41.1 Å². The van der Waals surface area contributed by atoms with Crippen LogP contribution in [0.2, 0.25) is 0 Å². The number of fused-ring (bicyclic) bond motifs is 1. The van der Waals surface area contributed by atoms with Crippen molar-refractivity contribution in [1.82, 2.24) is 10.6 Å². The summed E-state index contributed by atoms with van der Waals surface area (Å²) in [7, 11) is 0. The molecule has 3 rings (SSSR count). The van der Waals surface area contributed by atoms with Crippen molar-refractivity contribution in [3.8, 4) is 0 Å². The van der Waals surface area contributed by atoms with E-state index in [2.05, 4.69) is 30.5 Å². The monoisotopic (exact) mass is 272 g/mol. The van der Waals surface area contributed by atoms with E-state index in [1.807, 2.05) is 12.1 Å². The molecular weight excluding hydrogens is 248 g/mol. The van der Waals surface area contributed by atoms with Gasteiger partial charge in [-0.25, -0.2) is 0 Å². The molecule has 2 N–H and O–H groups in total. The van der Waals surface area contributed by atoms with Gasteiger partial charge < -0.3 is 10.6 Å². The van der Waals surface area contributed by atoms with Gasteiger partial charge in [0.2, 0.25) is 0 Å². The Balaban J connectivity index is 1.78. The second-order valence-electron chi connectivity index (χ2n) is 6.36. The highest BCUT2D eigenvalue weighted by Crippen LogP contribution is 2.31. The van der Waals surface area contributed by atoms with E-state index in [9.17, 15) is 4.79 Å². The molecule has 3 atom stereocenters. The predicted molar refractivity (Wildman–Crippen MR) is 80.7 cm³/mol. The van der Waals surface area contributed by atoms with Crippen molar-refractivity contribution in [1.29, 1.82) is 0 Å². The average Bonchev–Trinajstić information content (AvgIpc) is 2.78. The molecule has 0 aromatic heterocycles. The first-order valence-corrected chi connectivity index (χ1v) is 7.79. The lowest BCUT2D eigenvalue weighted by Crippen LogP contribution is -2.38. The van der Waals surface area contributed by atoms with Gasteiger partial charge in [-0.15, -0.1) is 0 Å². The third-order valence-corrected chi connectivity index (χ3v) is 5.17. The van der Waals surface area contributed by atoms with Crippen molar-refractivity contribution in [2.45, 2.75) is 45.7 Å². The summed E-state index contributed by atoms with van der Waals surface area (Å²) in [6.45, 7) is 6.39. The van der Waals surface area contributed by atoms with Crippen LogP contribution in [0.5, 0.6) is 0 Å². The zero-order chi connectivity index (χ0) is 14.1. The highest BCUT2D eigenvalue weighted by atomic mass is 16.1. The molecule has 1 saturated carbocycles. The van der Waals surface area contributed by atoms with Crippen molar-refractivity contribution in [2.24, 2.45) is 11.8 Å². The van der Waals surface area contributed by atoms with Gasteiger partial charge in [-0.1, -0.05) is 26.0 Å². The van der Waals surface area contributed by atoms with E-state index in [0.717, 1.165) is 31.5 Å². The summed E-state index contributed by atoms with van der Waals surface area (Å²) in [5.74, 6) is 1.42. The van der Waals surface area contributed by atoms with Crippen LogP contribution in [0.25, 0.3) is 0 Å². The highest BCUT2D eigenvalue weighted by Gasteiger charge is 2.31. The smallest absolute Gasteiger partial charge is 0.251 e. The summed E-state index contributed by atoms with van der Waals surface area (Å²) >= 11 is 0. The molecule has 3 unspecified atom stereocenters. The van der Waals surface area contributed by atoms with E-state index in [0.29, 0.717) is 17.9 Å². The molecule has 20 heavy (non-hydrogen) atoms. The molecule has 3 nitrogen and oxygen atoms in total. The quantitative estimate of drug-likeness (QED) is 0.868. The van der Waals surface area contributed by atoms with Gasteiger partial charge in [0.25, 0.3) is 5.91 Å². The van der Waals surface area contributed by atoms with Crippen LogP contribution in [0.15, 0.2) is 18.2 Å². The lowest BCUT2D eigenvalue weighted by atomic mass is 9.94. The van der Waals surface area contributed by atoms with Crippen molar-refractivity contribution >= 4 is 5.91 Å². The molecule has 108 valence electrons. The number of carbonyl (C=O) groups is 1. The first kappa shape index (κ1) is 13.6. The fraction of sp³-hybridized carbons (Fsp3) is 0.588. The summed E-state index contributed by atoms with van der Waals surface area (Å²) in [5.41, 5.74) is 3.40. The lowest BCUT2D eigenvalue weighted by molar-refractivity contribution is 0.0926. The highest BCUT2D eigenvalue weighted by molar-refractivity contribution is 5.96. The molecule has 1 heterocycles. The van der Waals surface area contributed by atoms with Crippen LogP contribution >= 0.6 is 0 Å². The molecule has 0 saturated heterocycles. The summed E-state index contributed by atoms with van der Waals surface area (Å²) < 4.78 is 0. The molecule has 1 aliphatic heterocycles. The number of hydrogen-bond donors (Lipinski definition) is 2. The Kier molecular flexibility index (Phi) is 3.79. The van der Waals surface area contributed by atoms with Gasteiger partial charge in [0.15, 0.2) is 0 Å². The zero-order valence-corrected chi connectivity index (χ0v) is 12.4. The molecule has 3 heteroatoms. The normalized spacial score (nSPS) is 29.0. The van der Waals surface area contributed by atoms with Crippen molar-refractivity contribution in [3.63, 3.8) is 0 Å². The Morgan fingerprint density at radius 3 is 2.90 bits per heavy atom. The predicted octanol–water partition coefficient (Wildman–Crippen LogP) is 2.50. The first-order valence-electron chi connectivity index (χ1n) is 7.79. The zero-order valence-electron chi connectivity index (χ0n) is 12.4. The summed E-state index contributed by atoms with van der Waals surface area (Å²) in [4.78, 5) is 12.6. The van der Waals surface area contributed by atoms with Gasteiger partial charge in [0.05, 0.1) is 0 Å². The number of nitrogens with one attached hydrogen (secondary N) is 2. The molecular formula is C17H24N2O. The van der Waals surface area contributed by atoms with Gasteiger partial charge in [-0.3, -0.25) is 4.79 Å². The van der Waals surface area contributed by atoms with Gasteiger partial charge in [0.1, 0.15) is 0 Å². The van der Waals surface area contributed by atoms with E-state index in [4.69, 9.17) is 0 Å². The third kappa shape index (κ3) is 2.47. The van der Waals surface area contributed by atoms with E-state index in [-0.39, 0.29) is 5.91 Å². The minimum Gasteiger partial charge on any atom is -0.349 e. The SMILES string of the molecule is CC1CCC(NC(=O)c2cccc3c2CCNC3)C1C. The van der Waals surface area contributed by atoms with Gasteiger partial charge >= 0.3 is 0 Å². The van der Waals surface area contributed by atoms with Crippen LogP contribution in [0, 0.1) is 11.8 Å². The summed E-state index contributed by atoms with van der Waals surface area (Å²) in [6, 6.07) is 6.44. The van der Waals surface area contributed by atoms with Crippen molar-refractivity contribution in [3.05, 3.63) is 34.9 Å². The maximum atomic E-state index is 12.6. The Bertz CT molecular complexity index is 512. The average molecular weight is 272 g/mol. The van der Waals surface area contributed by atoms with Gasteiger partial charge in [0, 0.05) is 18.2 Å². The molecule has 1 fully saturated rings. The van der Waals surface area contributed by atoms with Crippen LogP contribution in [0.4, 0.5) is 0 Å². The minimum atomic E-state index is 0.120. The van der Waals surface area contributed by atoms with E-state index in [1.54, 1.807) is 0 Å². The number of benzene rings is 1. The maximum Gasteiger partial charge on any atom is 0.251 e. The molecule has 1 aromatic carbocycles. The Labute approximate surface area is 121 Å². The largest absolute Gasteiger partial charge is 0.349 e. The van der Waals surface area contributed by atoms with Crippen LogP contribution in [-0.2, 0) is 13.0 Å². The van der Waals surface area contributed by atoms with E-state index in [1.165, 1.54) is 17.5 Å². The van der Waals surface area contributed by atoms with Crippen LogP contribution in [0.3, 0.4) is 0 Å². The van der Waals surface area contributed by atoms with Crippen LogP contribution in [-0.4, -0.2) is 18.5 Å². The standard InChI is InChI=1S/C17H24N2O/c1-11-6-7-16(12(11)2)19-17(20)15-5-3-4-13-10-18-9-8-14(13)15/h3-5,11-12,16,18H,6-10H2,1-2H3,(H,19,20). The Morgan fingerprint density at radius 2 is 2.15 bits per heavy atom. The summed E-state index contributed by atoms with van der Waals surface area (Å²) in [6.07, 6.45) is 3.29. The molecule has 1 aliphatic carbocycles. The third-order valence-electron chi connectivity index (χ3n) is 5.17. The fourth-order valence-electron chi connectivity index (χ4n) is 3.56. The molecule has 0 spiro atoms. The molecule has 1 amide bonds. The second kappa shape index (κ2) is 5.57. The molecule has 2 aliphatic rings. The second-order valence-corrected chi connectivity index (χ2v) is 6.36. The molecule has 1 aromatic rings. The molecule has 0 bridgehead atoms. The van der Waals surface area contributed by atoms with Gasteiger partial charge in [-0.05, 0) is 54.8 Å². The van der Waals surface area contributed by atoms with Crippen molar-refractivity contribution < 1.29 is 4.79 Å². The summed E-state index contributed by atoms with van der Waals surface area (Å²) in [5, 5.41) is 6.63. The first-order chi connectivity index (χ1) is 9.66. The number of amides is 1. The Morgan fingerprint density at radius 1 is 1.30 bits per heavy atom. The number of rotatable bonds is 2. The van der Waals surface area contributed by atoms with Crippen LogP contribution < -0.4 is 10.6 Å². The molecule has 0 radical (unpaired) electrons. The minimum absolute atomic E-state index is 0.120. The Hall–Kier alpha value is -1.35.